The summed E-state index contributed by atoms with van der Waals surface area (Å²) in [5, 5.41) is 3.27. The molecule has 1 atom stereocenters. The fraction of sp³-hybridized carbons (Fsp3) is 0.300. The van der Waals surface area contributed by atoms with Gasteiger partial charge in [0, 0.05) is 16.8 Å². The molecule has 0 aliphatic rings. The Morgan fingerprint density at radius 1 is 1.12 bits per heavy atom. The van der Waals surface area contributed by atoms with Crippen LogP contribution < -0.4 is 10.1 Å². The van der Waals surface area contributed by atoms with Crippen LogP contribution in [0, 0.1) is 5.92 Å². The van der Waals surface area contributed by atoms with Gasteiger partial charge in [-0.1, -0.05) is 43.6 Å². The van der Waals surface area contributed by atoms with E-state index in [1.807, 2.05) is 13.8 Å². The minimum atomic E-state index is -0.461. The van der Waals surface area contributed by atoms with E-state index in [1.54, 1.807) is 55.6 Å². The third kappa shape index (κ3) is 5.49. The largest absolute Gasteiger partial charge is 0.497 e. The fourth-order valence-electron chi connectivity index (χ4n) is 2.59. The predicted octanol–water partition coefficient (Wildman–Crippen LogP) is 4.27. The molecule has 0 heterocycles. The SMILES string of the molecule is COc1cccc(NC(=O)COC(=O)C(c2ccc(Cl)cc2)C(C)C)c1. The first kappa shape index (κ1) is 19.8. The van der Waals surface area contributed by atoms with Gasteiger partial charge in [-0.2, -0.15) is 0 Å². The molecule has 0 aliphatic carbocycles. The van der Waals surface area contributed by atoms with Gasteiger partial charge in [-0.15, -0.1) is 0 Å². The number of esters is 1. The molecule has 0 bridgehead atoms. The Balaban J connectivity index is 1.96. The molecule has 2 aromatic carbocycles. The van der Waals surface area contributed by atoms with Gasteiger partial charge in [-0.05, 0) is 35.7 Å². The molecule has 0 saturated heterocycles. The van der Waals surface area contributed by atoms with Gasteiger partial charge < -0.3 is 14.8 Å². The van der Waals surface area contributed by atoms with E-state index < -0.39 is 17.8 Å². The number of methoxy groups -OCH3 is 1. The first-order chi connectivity index (χ1) is 12.4. The number of hydrogen-bond donors (Lipinski definition) is 1. The van der Waals surface area contributed by atoms with Crippen molar-refractivity contribution in [1.82, 2.24) is 0 Å². The molecule has 1 N–H and O–H groups in total. The summed E-state index contributed by atoms with van der Waals surface area (Å²) in [4.78, 5) is 24.5. The third-order valence-corrected chi connectivity index (χ3v) is 4.10. The Bertz CT molecular complexity index is 759. The van der Waals surface area contributed by atoms with Crippen molar-refractivity contribution in [2.75, 3.05) is 19.0 Å². The summed E-state index contributed by atoms with van der Waals surface area (Å²) in [6, 6.07) is 14.0. The van der Waals surface area contributed by atoms with Crippen LogP contribution in [0.15, 0.2) is 48.5 Å². The number of carbonyl (C=O) groups excluding carboxylic acids is 2. The summed E-state index contributed by atoms with van der Waals surface area (Å²) >= 11 is 5.90. The van der Waals surface area contributed by atoms with Gasteiger partial charge in [0.25, 0.3) is 5.91 Å². The van der Waals surface area contributed by atoms with E-state index >= 15 is 0 Å². The molecule has 1 unspecified atom stereocenters. The minimum Gasteiger partial charge on any atom is -0.497 e. The van der Waals surface area contributed by atoms with Crippen molar-refractivity contribution in [3.05, 3.63) is 59.1 Å². The first-order valence-electron chi connectivity index (χ1n) is 8.26. The van der Waals surface area contributed by atoms with Crippen molar-refractivity contribution in [3.63, 3.8) is 0 Å². The monoisotopic (exact) mass is 375 g/mol. The van der Waals surface area contributed by atoms with Crippen LogP contribution in [-0.4, -0.2) is 25.6 Å². The van der Waals surface area contributed by atoms with Gasteiger partial charge in [0.15, 0.2) is 6.61 Å². The molecule has 0 aliphatic heterocycles. The van der Waals surface area contributed by atoms with Crippen molar-refractivity contribution < 1.29 is 19.1 Å². The van der Waals surface area contributed by atoms with Gasteiger partial charge in [0.1, 0.15) is 5.75 Å². The number of rotatable bonds is 7. The molecule has 5 nitrogen and oxygen atoms in total. The second-order valence-corrected chi connectivity index (χ2v) is 6.60. The van der Waals surface area contributed by atoms with E-state index in [2.05, 4.69) is 5.32 Å². The first-order valence-corrected chi connectivity index (χ1v) is 8.64. The highest BCUT2D eigenvalue weighted by Crippen LogP contribution is 2.27. The summed E-state index contributed by atoms with van der Waals surface area (Å²) in [5.74, 6) is -0.669. The average molecular weight is 376 g/mol. The topological polar surface area (TPSA) is 64.6 Å². The third-order valence-electron chi connectivity index (χ3n) is 3.85. The number of halogens is 1. The standard InChI is InChI=1S/C20H22ClNO4/c1-13(2)19(14-7-9-15(21)10-8-14)20(24)26-12-18(23)22-16-5-4-6-17(11-16)25-3/h4-11,13,19H,12H2,1-3H3,(H,22,23). The Kier molecular flexibility index (Phi) is 7.04. The molecule has 138 valence electrons. The van der Waals surface area contributed by atoms with Crippen molar-refractivity contribution >= 4 is 29.2 Å². The summed E-state index contributed by atoms with van der Waals surface area (Å²) in [7, 11) is 1.55. The molecule has 0 fully saturated rings. The lowest BCUT2D eigenvalue weighted by atomic mass is 9.88. The fourth-order valence-corrected chi connectivity index (χ4v) is 2.71. The zero-order valence-electron chi connectivity index (χ0n) is 15.0. The van der Waals surface area contributed by atoms with Crippen LogP contribution in [0.2, 0.25) is 5.02 Å². The molecule has 0 radical (unpaired) electrons. The number of carbonyl (C=O) groups is 2. The van der Waals surface area contributed by atoms with Crippen LogP contribution in [0.3, 0.4) is 0 Å². The van der Waals surface area contributed by atoms with Gasteiger partial charge in [-0.3, -0.25) is 9.59 Å². The minimum absolute atomic E-state index is 0.0186. The quantitative estimate of drug-likeness (QED) is 0.734. The number of benzene rings is 2. The summed E-state index contributed by atoms with van der Waals surface area (Å²) in [6.07, 6.45) is 0. The molecule has 2 rings (SSSR count). The number of ether oxygens (including phenoxy) is 2. The highest BCUT2D eigenvalue weighted by Gasteiger charge is 2.26. The zero-order valence-corrected chi connectivity index (χ0v) is 15.7. The van der Waals surface area contributed by atoms with Gasteiger partial charge in [-0.25, -0.2) is 0 Å². The molecule has 0 spiro atoms. The molecule has 0 aromatic heterocycles. The van der Waals surface area contributed by atoms with Crippen molar-refractivity contribution in [2.45, 2.75) is 19.8 Å². The Morgan fingerprint density at radius 3 is 2.42 bits per heavy atom. The molecule has 26 heavy (non-hydrogen) atoms. The normalized spacial score (nSPS) is 11.7. The van der Waals surface area contributed by atoms with E-state index in [0.717, 1.165) is 5.56 Å². The second-order valence-electron chi connectivity index (χ2n) is 6.16. The van der Waals surface area contributed by atoms with Crippen molar-refractivity contribution in [2.24, 2.45) is 5.92 Å². The zero-order chi connectivity index (χ0) is 19.1. The van der Waals surface area contributed by atoms with Crippen LogP contribution in [0.1, 0.15) is 25.3 Å². The summed E-state index contributed by atoms with van der Waals surface area (Å²) in [6.45, 7) is 3.50. The number of anilines is 1. The van der Waals surface area contributed by atoms with E-state index in [1.165, 1.54) is 0 Å². The van der Waals surface area contributed by atoms with E-state index in [0.29, 0.717) is 16.5 Å². The van der Waals surface area contributed by atoms with Gasteiger partial charge >= 0.3 is 5.97 Å². The Morgan fingerprint density at radius 2 is 1.81 bits per heavy atom. The number of amides is 1. The van der Waals surface area contributed by atoms with Crippen LogP contribution in [0.4, 0.5) is 5.69 Å². The molecule has 1 amide bonds. The van der Waals surface area contributed by atoms with Crippen molar-refractivity contribution in [3.8, 4) is 5.75 Å². The molecule has 2 aromatic rings. The Labute approximate surface area is 158 Å². The van der Waals surface area contributed by atoms with Crippen LogP contribution in [-0.2, 0) is 14.3 Å². The smallest absolute Gasteiger partial charge is 0.314 e. The average Bonchev–Trinajstić information content (AvgIpc) is 2.61. The highest BCUT2D eigenvalue weighted by atomic mass is 35.5. The maximum atomic E-state index is 12.5. The van der Waals surface area contributed by atoms with E-state index in [4.69, 9.17) is 21.1 Å². The highest BCUT2D eigenvalue weighted by molar-refractivity contribution is 6.30. The molecule has 0 saturated carbocycles. The van der Waals surface area contributed by atoms with Gasteiger partial charge in [0.2, 0.25) is 0 Å². The van der Waals surface area contributed by atoms with E-state index in [-0.39, 0.29) is 12.5 Å². The van der Waals surface area contributed by atoms with Gasteiger partial charge in [0.05, 0.1) is 13.0 Å². The molecular formula is C20H22ClNO4. The molecule has 6 heteroatoms. The number of nitrogens with one attached hydrogen (secondary N) is 1. The lowest BCUT2D eigenvalue weighted by Crippen LogP contribution is -2.26. The Hall–Kier alpha value is -2.53. The number of hydrogen-bond acceptors (Lipinski definition) is 4. The summed E-state index contributed by atoms with van der Waals surface area (Å²) < 4.78 is 10.3. The lowest BCUT2D eigenvalue weighted by molar-refractivity contribution is -0.149. The van der Waals surface area contributed by atoms with Crippen LogP contribution in [0.25, 0.3) is 0 Å². The van der Waals surface area contributed by atoms with Crippen LogP contribution in [0.5, 0.6) is 5.75 Å². The predicted molar refractivity (Wildman–Crippen MR) is 102 cm³/mol. The maximum Gasteiger partial charge on any atom is 0.314 e. The second kappa shape index (κ2) is 9.25. The maximum absolute atomic E-state index is 12.5. The van der Waals surface area contributed by atoms with Crippen LogP contribution >= 0.6 is 11.6 Å². The lowest BCUT2D eigenvalue weighted by Gasteiger charge is -2.20. The van der Waals surface area contributed by atoms with E-state index in [9.17, 15) is 9.59 Å². The van der Waals surface area contributed by atoms with Crippen molar-refractivity contribution in [1.29, 1.82) is 0 Å². The summed E-state index contributed by atoms with van der Waals surface area (Å²) in [5.41, 5.74) is 1.38. The molecular weight excluding hydrogens is 354 g/mol.